The van der Waals surface area contributed by atoms with Crippen LogP contribution in [0.3, 0.4) is 0 Å². The number of aromatic nitrogens is 2. The van der Waals surface area contributed by atoms with Gasteiger partial charge in [-0.15, -0.1) is 0 Å². The lowest BCUT2D eigenvalue weighted by Crippen LogP contribution is -2.54. The number of piperazine rings is 1. The van der Waals surface area contributed by atoms with Gasteiger partial charge >= 0.3 is 0 Å². The van der Waals surface area contributed by atoms with Crippen molar-refractivity contribution in [2.75, 3.05) is 26.2 Å². The molecule has 0 radical (unpaired) electrons. The van der Waals surface area contributed by atoms with Crippen LogP contribution in [-0.4, -0.2) is 68.9 Å². The first-order valence-electron chi connectivity index (χ1n) is 7.87. The number of aliphatic hydroxyl groups excluding tert-OH is 1. The van der Waals surface area contributed by atoms with Crippen molar-refractivity contribution in [2.24, 2.45) is 0 Å². The molecule has 1 saturated heterocycles. The molecule has 2 heterocycles. The van der Waals surface area contributed by atoms with Crippen LogP contribution in [0.1, 0.15) is 32.2 Å². The average Bonchev–Trinajstić information content (AvgIpc) is 3.17. The molecule has 1 N–H and O–H groups in total. The molecule has 1 aliphatic heterocycles. The second kappa shape index (κ2) is 6.15. The highest BCUT2D eigenvalue weighted by molar-refractivity contribution is 5.80. The fourth-order valence-electron chi connectivity index (χ4n) is 3.51. The maximum Gasteiger partial charge on any atom is 0.247 e. The summed E-state index contributed by atoms with van der Waals surface area (Å²) in [6, 6.07) is 1.89. The number of carbonyl (C=O) groups excluding carboxylic acids is 1. The lowest BCUT2D eigenvalue weighted by molar-refractivity contribution is -0.136. The maximum atomic E-state index is 12.5. The molecule has 2 aliphatic rings. The third kappa shape index (κ3) is 2.96. The smallest absolute Gasteiger partial charge is 0.247 e. The first kappa shape index (κ1) is 14.5. The van der Waals surface area contributed by atoms with E-state index in [1.165, 1.54) is 0 Å². The molecule has 0 unspecified atom stereocenters. The van der Waals surface area contributed by atoms with E-state index >= 15 is 0 Å². The van der Waals surface area contributed by atoms with Crippen LogP contribution in [0.15, 0.2) is 18.5 Å². The summed E-state index contributed by atoms with van der Waals surface area (Å²) in [6.45, 7) is 5.10. The lowest BCUT2D eigenvalue weighted by Gasteiger charge is -2.39. The third-order valence-electron chi connectivity index (χ3n) is 4.82. The summed E-state index contributed by atoms with van der Waals surface area (Å²) in [5.41, 5.74) is 0. The zero-order valence-corrected chi connectivity index (χ0v) is 12.6. The lowest BCUT2D eigenvalue weighted by atomic mass is 10.1. The van der Waals surface area contributed by atoms with Gasteiger partial charge in [-0.25, -0.2) is 0 Å². The Morgan fingerprint density at radius 1 is 1.29 bits per heavy atom. The second-order valence-corrected chi connectivity index (χ2v) is 6.09. The number of hydrogen-bond donors (Lipinski definition) is 1. The van der Waals surface area contributed by atoms with Gasteiger partial charge in [-0.2, -0.15) is 5.10 Å². The largest absolute Gasteiger partial charge is 0.391 e. The molecule has 21 heavy (non-hydrogen) atoms. The molecule has 0 aromatic carbocycles. The number of rotatable bonds is 3. The van der Waals surface area contributed by atoms with E-state index in [2.05, 4.69) is 10.00 Å². The monoisotopic (exact) mass is 292 g/mol. The first-order chi connectivity index (χ1) is 10.2. The summed E-state index contributed by atoms with van der Waals surface area (Å²) in [4.78, 5) is 16.8. The van der Waals surface area contributed by atoms with Crippen molar-refractivity contribution in [2.45, 2.75) is 44.4 Å². The van der Waals surface area contributed by atoms with Gasteiger partial charge in [0.2, 0.25) is 5.91 Å². The van der Waals surface area contributed by atoms with Gasteiger partial charge in [0.05, 0.1) is 6.10 Å². The Hall–Kier alpha value is -1.40. The minimum atomic E-state index is -0.247. The Labute approximate surface area is 125 Å². The van der Waals surface area contributed by atoms with E-state index in [1.807, 2.05) is 24.1 Å². The van der Waals surface area contributed by atoms with Crippen LogP contribution in [0, 0.1) is 0 Å². The predicted octanol–water partition coefficient (Wildman–Crippen LogP) is 0.502. The van der Waals surface area contributed by atoms with Crippen molar-refractivity contribution < 1.29 is 9.90 Å². The molecular weight excluding hydrogens is 268 g/mol. The molecule has 3 rings (SSSR count). The van der Waals surface area contributed by atoms with Crippen LogP contribution in [-0.2, 0) is 4.79 Å². The highest BCUT2D eigenvalue weighted by Crippen LogP contribution is 2.25. The van der Waals surface area contributed by atoms with Crippen molar-refractivity contribution in [3.63, 3.8) is 0 Å². The van der Waals surface area contributed by atoms with E-state index in [9.17, 15) is 9.90 Å². The van der Waals surface area contributed by atoms with Gasteiger partial charge in [0.25, 0.3) is 0 Å². The van der Waals surface area contributed by atoms with Gasteiger partial charge in [0.1, 0.15) is 6.04 Å². The van der Waals surface area contributed by atoms with E-state index < -0.39 is 0 Å². The number of carbonyl (C=O) groups is 1. The van der Waals surface area contributed by atoms with E-state index in [0.717, 1.165) is 45.4 Å². The highest BCUT2D eigenvalue weighted by atomic mass is 16.3. The summed E-state index contributed by atoms with van der Waals surface area (Å²) < 4.78 is 1.70. The van der Waals surface area contributed by atoms with Gasteiger partial charge in [0.15, 0.2) is 0 Å². The Bertz CT molecular complexity index is 468. The van der Waals surface area contributed by atoms with E-state index in [4.69, 9.17) is 0 Å². The van der Waals surface area contributed by atoms with Gasteiger partial charge in [0, 0.05) is 44.6 Å². The van der Waals surface area contributed by atoms with Crippen LogP contribution in [0.2, 0.25) is 0 Å². The molecule has 0 bridgehead atoms. The molecule has 1 aliphatic carbocycles. The highest BCUT2D eigenvalue weighted by Gasteiger charge is 2.34. The van der Waals surface area contributed by atoms with Gasteiger partial charge in [-0.1, -0.05) is 0 Å². The summed E-state index contributed by atoms with van der Waals surface area (Å²) in [7, 11) is 0. The average molecular weight is 292 g/mol. The van der Waals surface area contributed by atoms with Crippen molar-refractivity contribution in [3.8, 4) is 0 Å². The first-order valence-corrected chi connectivity index (χ1v) is 7.87. The normalized spacial score (nSPS) is 28.8. The van der Waals surface area contributed by atoms with Crippen LogP contribution < -0.4 is 0 Å². The minimum absolute atomic E-state index is 0.130. The molecule has 1 amide bonds. The minimum Gasteiger partial charge on any atom is -0.391 e. The second-order valence-electron chi connectivity index (χ2n) is 6.09. The number of hydrogen-bond acceptors (Lipinski definition) is 4. The summed E-state index contributed by atoms with van der Waals surface area (Å²) in [5.74, 6) is 0.130. The van der Waals surface area contributed by atoms with Crippen LogP contribution in [0.5, 0.6) is 0 Å². The molecule has 6 heteroatoms. The molecule has 1 aromatic rings. The fraction of sp³-hybridized carbons (Fsp3) is 0.733. The van der Waals surface area contributed by atoms with Crippen LogP contribution in [0.4, 0.5) is 0 Å². The van der Waals surface area contributed by atoms with Crippen molar-refractivity contribution in [1.82, 2.24) is 19.6 Å². The standard InChI is InChI=1S/C15H24N4O2/c1-12(19-7-3-6-16-19)15(21)18-10-8-17(9-11-18)13-4-2-5-14(13)20/h3,6-7,12-14,20H,2,4-5,8-11H2,1H3/t12-,13+,14+/m1/s1. The van der Waals surface area contributed by atoms with Crippen molar-refractivity contribution in [1.29, 1.82) is 0 Å². The zero-order chi connectivity index (χ0) is 14.8. The Balaban J connectivity index is 1.54. The molecular formula is C15H24N4O2. The van der Waals surface area contributed by atoms with E-state index in [1.54, 1.807) is 10.9 Å². The van der Waals surface area contributed by atoms with Crippen molar-refractivity contribution in [3.05, 3.63) is 18.5 Å². The molecule has 116 valence electrons. The van der Waals surface area contributed by atoms with E-state index in [-0.39, 0.29) is 18.1 Å². The topological polar surface area (TPSA) is 61.6 Å². The zero-order valence-electron chi connectivity index (χ0n) is 12.6. The van der Waals surface area contributed by atoms with Crippen molar-refractivity contribution >= 4 is 5.91 Å². The number of aliphatic hydroxyl groups is 1. The van der Waals surface area contributed by atoms with Gasteiger partial charge in [-0.05, 0) is 32.3 Å². The Kier molecular flexibility index (Phi) is 4.26. The van der Waals surface area contributed by atoms with Crippen LogP contribution in [0.25, 0.3) is 0 Å². The summed E-state index contributed by atoms with van der Waals surface area (Å²) >= 11 is 0. The number of nitrogens with zero attached hydrogens (tertiary/aromatic N) is 4. The quantitative estimate of drug-likeness (QED) is 0.881. The Morgan fingerprint density at radius 2 is 2.05 bits per heavy atom. The molecule has 0 spiro atoms. The molecule has 6 nitrogen and oxygen atoms in total. The van der Waals surface area contributed by atoms with Crippen LogP contribution >= 0.6 is 0 Å². The predicted molar refractivity (Wildman–Crippen MR) is 78.7 cm³/mol. The molecule has 1 aromatic heterocycles. The number of amides is 1. The SMILES string of the molecule is C[C@H](C(=O)N1CCN([C@H]2CCC[C@@H]2O)CC1)n1cccn1. The van der Waals surface area contributed by atoms with Gasteiger partial charge < -0.3 is 10.0 Å². The summed E-state index contributed by atoms with van der Waals surface area (Å²) in [6.07, 6.45) is 6.45. The molecule has 2 fully saturated rings. The van der Waals surface area contributed by atoms with E-state index in [0.29, 0.717) is 6.04 Å². The third-order valence-corrected chi connectivity index (χ3v) is 4.82. The van der Waals surface area contributed by atoms with Gasteiger partial charge in [-0.3, -0.25) is 14.4 Å². The molecule has 3 atom stereocenters. The summed E-state index contributed by atoms with van der Waals surface area (Å²) in [5, 5.41) is 14.1. The molecule has 1 saturated carbocycles. The fourth-order valence-corrected chi connectivity index (χ4v) is 3.51. The Morgan fingerprint density at radius 3 is 2.62 bits per heavy atom. The maximum absolute atomic E-state index is 12.5.